The molecule has 0 saturated heterocycles. The van der Waals surface area contributed by atoms with Gasteiger partial charge in [0.05, 0.1) is 6.61 Å². The lowest BCUT2D eigenvalue weighted by Gasteiger charge is -2.45. The number of carbonyl (C=O) groups is 1. The van der Waals surface area contributed by atoms with Gasteiger partial charge in [0.15, 0.2) is 0 Å². The number of fused-ring (bicyclic) bond motifs is 4. The molecule has 1 spiro atoms. The van der Waals surface area contributed by atoms with Crippen molar-refractivity contribution in [3.63, 3.8) is 0 Å². The van der Waals surface area contributed by atoms with E-state index in [2.05, 4.69) is 17.4 Å². The Bertz CT molecular complexity index is 682. The highest BCUT2D eigenvalue weighted by Crippen LogP contribution is 2.60. The molecule has 0 aromatic heterocycles. The highest BCUT2D eigenvalue weighted by molar-refractivity contribution is 5.85. The van der Waals surface area contributed by atoms with Gasteiger partial charge in [-0.05, 0) is 56.4 Å². The van der Waals surface area contributed by atoms with E-state index in [4.69, 9.17) is 10.5 Å². The highest BCUT2D eigenvalue weighted by atomic mass is 35.5. The third kappa shape index (κ3) is 2.82. The number of halogens is 1. The van der Waals surface area contributed by atoms with Gasteiger partial charge in [0.1, 0.15) is 5.75 Å². The maximum Gasteiger partial charge on any atom is 0.224 e. The average Bonchev–Trinajstić information content (AvgIpc) is 3.31. The lowest BCUT2D eigenvalue weighted by Crippen LogP contribution is -2.54. The van der Waals surface area contributed by atoms with E-state index in [9.17, 15) is 4.79 Å². The zero-order valence-electron chi connectivity index (χ0n) is 15.2. The molecule has 4 aliphatic rings. The largest absolute Gasteiger partial charge is 0.493 e. The number of benzene rings is 1. The molecule has 26 heavy (non-hydrogen) atoms. The van der Waals surface area contributed by atoms with E-state index in [1.807, 2.05) is 12.1 Å². The number of hydrogen-bond acceptors (Lipinski definition) is 3. The fourth-order valence-electron chi connectivity index (χ4n) is 5.99. The minimum atomic E-state index is 0. The summed E-state index contributed by atoms with van der Waals surface area (Å²) >= 11 is 0. The van der Waals surface area contributed by atoms with Crippen LogP contribution in [-0.2, 0) is 10.2 Å². The van der Waals surface area contributed by atoms with Crippen LogP contribution in [0.25, 0.3) is 0 Å². The number of ether oxygens (including phenoxy) is 1. The molecule has 142 valence electrons. The Hall–Kier alpha value is -1.26. The van der Waals surface area contributed by atoms with E-state index < -0.39 is 0 Å². The standard InChI is InChI=1S/C21H28N2O2.ClH/c22-15-10-13-4-3-5-14(11-15)19(13)23-20(24)17-12-21(17)8-9-25-18-7-2-1-6-16(18)21;/h1-2,6-7,13-15,17,19H,3-5,8-12,22H2,(H,23,24);1H. The Balaban J connectivity index is 0.00000168. The van der Waals surface area contributed by atoms with Crippen LogP contribution in [0, 0.1) is 17.8 Å². The lowest BCUT2D eigenvalue weighted by atomic mass is 9.67. The van der Waals surface area contributed by atoms with Crippen LogP contribution in [0.2, 0.25) is 0 Å². The number of nitrogens with two attached hydrogens (primary N) is 1. The van der Waals surface area contributed by atoms with Crippen molar-refractivity contribution < 1.29 is 9.53 Å². The number of rotatable bonds is 2. The summed E-state index contributed by atoms with van der Waals surface area (Å²) in [6.07, 6.45) is 7.84. The van der Waals surface area contributed by atoms with Crippen LogP contribution in [0.1, 0.15) is 50.5 Å². The van der Waals surface area contributed by atoms with Gasteiger partial charge in [0.2, 0.25) is 5.91 Å². The van der Waals surface area contributed by atoms with Gasteiger partial charge in [0.25, 0.3) is 0 Å². The summed E-state index contributed by atoms with van der Waals surface area (Å²) in [6.45, 7) is 0.727. The summed E-state index contributed by atoms with van der Waals surface area (Å²) in [5.41, 5.74) is 7.50. The normalized spacial score (nSPS) is 40.0. The molecule has 1 amide bonds. The molecule has 1 aromatic rings. The summed E-state index contributed by atoms with van der Waals surface area (Å²) in [4.78, 5) is 13.1. The minimum Gasteiger partial charge on any atom is -0.493 e. The first-order valence-corrected chi connectivity index (χ1v) is 9.96. The molecule has 5 rings (SSSR count). The Kier molecular flexibility index (Phi) is 4.68. The predicted octanol–water partition coefficient (Wildman–Crippen LogP) is 3.17. The predicted molar refractivity (Wildman–Crippen MR) is 104 cm³/mol. The third-order valence-electron chi connectivity index (χ3n) is 7.31. The average molecular weight is 377 g/mol. The van der Waals surface area contributed by atoms with Gasteiger partial charge in [-0.3, -0.25) is 4.79 Å². The second kappa shape index (κ2) is 6.72. The van der Waals surface area contributed by atoms with Crippen LogP contribution in [0.5, 0.6) is 5.75 Å². The SMILES string of the molecule is Cl.NC1CC2CCCC(C1)C2NC(=O)C1CC12CCOc1ccccc12. The Morgan fingerprint density at radius 1 is 1.19 bits per heavy atom. The van der Waals surface area contributed by atoms with Gasteiger partial charge in [-0.25, -0.2) is 0 Å². The molecule has 1 aliphatic heterocycles. The molecule has 3 fully saturated rings. The van der Waals surface area contributed by atoms with Crippen molar-refractivity contribution in [2.45, 2.75) is 62.4 Å². The van der Waals surface area contributed by atoms with E-state index in [0.717, 1.165) is 38.0 Å². The molecule has 3 aliphatic carbocycles. The first-order valence-electron chi connectivity index (χ1n) is 9.96. The van der Waals surface area contributed by atoms with Gasteiger partial charge in [-0.15, -0.1) is 12.4 Å². The van der Waals surface area contributed by atoms with Crippen LogP contribution in [0.3, 0.4) is 0 Å². The summed E-state index contributed by atoms with van der Waals surface area (Å²) < 4.78 is 5.80. The molecule has 5 heteroatoms. The summed E-state index contributed by atoms with van der Waals surface area (Å²) in [7, 11) is 0. The maximum absolute atomic E-state index is 13.1. The molecule has 3 N–H and O–H groups in total. The first-order chi connectivity index (χ1) is 12.2. The fourth-order valence-corrected chi connectivity index (χ4v) is 5.99. The molecule has 0 radical (unpaired) electrons. The molecule has 4 nitrogen and oxygen atoms in total. The van der Waals surface area contributed by atoms with Crippen LogP contribution < -0.4 is 15.8 Å². The smallest absolute Gasteiger partial charge is 0.224 e. The van der Waals surface area contributed by atoms with E-state index >= 15 is 0 Å². The topological polar surface area (TPSA) is 64.3 Å². The van der Waals surface area contributed by atoms with Crippen LogP contribution >= 0.6 is 12.4 Å². The maximum atomic E-state index is 13.1. The van der Waals surface area contributed by atoms with Gasteiger partial charge in [-0.2, -0.15) is 0 Å². The minimum absolute atomic E-state index is 0. The van der Waals surface area contributed by atoms with Crippen molar-refractivity contribution in [1.29, 1.82) is 0 Å². The number of nitrogens with one attached hydrogen (secondary N) is 1. The number of amides is 1. The zero-order valence-corrected chi connectivity index (χ0v) is 16.0. The Morgan fingerprint density at radius 2 is 1.92 bits per heavy atom. The Morgan fingerprint density at radius 3 is 2.69 bits per heavy atom. The Labute approximate surface area is 161 Å². The monoisotopic (exact) mass is 376 g/mol. The van der Waals surface area contributed by atoms with Crippen molar-refractivity contribution in [2.75, 3.05) is 6.61 Å². The quantitative estimate of drug-likeness (QED) is 0.833. The second-order valence-corrected chi connectivity index (χ2v) is 8.72. The summed E-state index contributed by atoms with van der Waals surface area (Å²) in [6, 6.07) is 8.95. The van der Waals surface area contributed by atoms with Gasteiger partial charge in [-0.1, -0.05) is 24.6 Å². The molecule has 4 atom stereocenters. The number of para-hydroxylation sites is 1. The molecular formula is C21H29ClN2O2. The second-order valence-electron chi connectivity index (χ2n) is 8.72. The van der Waals surface area contributed by atoms with Crippen molar-refractivity contribution in [2.24, 2.45) is 23.5 Å². The molecule has 1 aromatic carbocycles. The molecule has 4 unspecified atom stereocenters. The number of hydrogen-bond donors (Lipinski definition) is 2. The van der Waals surface area contributed by atoms with E-state index in [0.29, 0.717) is 23.9 Å². The van der Waals surface area contributed by atoms with Crippen molar-refractivity contribution in [1.82, 2.24) is 5.32 Å². The van der Waals surface area contributed by atoms with Crippen molar-refractivity contribution in [3.05, 3.63) is 29.8 Å². The van der Waals surface area contributed by atoms with Crippen LogP contribution in [0.4, 0.5) is 0 Å². The lowest BCUT2D eigenvalue weighted by molar-refractivity contribution is -0.125. The van der Waals surface area contributed by atoms with Crippen molar-refractivity contribution >= 4 is 18.3 Å². The van der Waals surface area contributed by atoms with E-state index in [1.54, 1.807) is 0 Å². The zero-order chi connectivity index (χ0) is 17.0. The number of carbonyl (C=O) groups excluding carboxylic acids is 1. The van der Waals surface area contributed by atoms with Gasteiger partial charge < -0.3 is 15.8 Å². The van der Waals surface area contributed by atoms with Gasteiger partial charge >= 0.3 is 0 Å². The third-order valence-corrected chi connectivity index (χ3v) is 7.31. The molecular weight excluding hydrogens is 348 g/mol. The first kappa shape index (κ1) is 18.1. The van der Waals surface area contributed by atoms with Crippen LogP contribution in [0.15, 0.2) is 24.3 Å². The summed E-state index contributed by atoms with van der Waals surface area (Å²) in [5.74, 6) is 2.54. The van der Waals surface area contributed by atoms with Gasteiger partial charge in [0, 0.05) is 29.0 Å². The molecule has 1 heterocycles. The summed E-state index contributed by atoms with van der Waals surface area (Å²) in [5, 5.41) is 3.47. The highest BCUT2D eigenvalue weighted by Gasteiger charge is 2.61. The van der Waals surface area contributed by atoms with Crippen LogP contribution in [-0.4, -0.2) is 24.6 Å². The van der Waals surface area contributed by atoms with E-state index in [-0.39, 0.29) is 29.6 Å². The van der Waals surface area contributed by atoms with E-state index in [1.165, 1.54) is 24.8 Å². The van der Waals surface area contributed by atoms with Crippen molar-refractivity contribution in [3.8, 4) is 5.75 Å². The fraction of sp³-hybridized carbons (Fsp3) is 0.667. The molecule has 3 saturated carbocycles. The molecule has 2 bridgehead atoms.